The summed E-state index contributed by atoms with van der Waals surface area (Å²) in [6.07, 6.45) is -5.21. The molecule has 0 atom stereocenters. The molecule has 0 aliphatic rings. The minimum absolute atomic E-state index is 0.126. The van der Waals surface area contributed by atoms with Crippen LogP contribution in [0.4, 0.5) is 18.0 Å². The van der Waals surface area contributed by atoms with Crippen LogP contribution in [0.15, 0.2) is 28.8 Å². The van der Waals surface area contributed by atoms with Crippen LogP contribution in [0.25, 0.3) is 11.4 Å². The van der Waals surface area contributed by atoms with Gasteiger partial charge in [0.2, 0.25) is 5.82 Å². The number of hydrogen-bond acceptors (Lipinski definition) is 5. The number of carbonyl (C=O) groups is 1. The van der Waals surface area contributed by atoms with Crippen LogP contribution >= 0.6 is 0 Å². The molecule has 0 saturated carbocycles. The maximum absolute atomic E-state index is 12.4. The Balaban J connectivity index is 1.92. The average molecular weight is 357 g/mol. The van der Waals surface area contributed by atoms with Crippen molar-refractivity contribution in [2.75, 3.05) is 6.61 Å². The van der Waals surface area contributed by atoms with Crippen LogP contribution in [-0.2, 0) is 17.5 Å². The Morgan fingerprint density at radius 2 is 1.84 bits per heavy atom. The van der Waals surface area contributed by atoms with Crippen molar-refractivity contribution in [3.8, 4) is 11.4 Å². The number of nitrogens with one attached hydrogen (secondary N) is 1. The predicted octanol–water partition coefficient (Wildman–Crippen LogP) is 4.03. The Bertz CT molecular complexity index is 719. The lowest BCUT2D eigenvalue weighted by atomic mass is 9.99. The molecule has 0 unspecified atom stereocenters. The first-order valence-corrected chi connectivity index (χ1v) is 7.45. The lowest BCUT2D eigenvalue weighted by Gasteiger charge is -2.17. The zero-order valence-electron chi connectivity index (χ0n) is 14.0. The fourth-order valence-corrected chi connectivity index (χ4v) is 1.73. The maximum Gasteiger partial charge on any atom is 0.471 e. The van der Waals surface area contributed by atoms with Crippen LogP contribution < -0.4 is 5.32 Å². The molecule has 0 fully saturated rings. The van der Waals surface area contributed by atoms with E-state index in [0.717, 1.165) is 5.56 Å². The zero-order chi connectivity index (χ0) is 18.7. The largest absolute Gasteiger partial charge is 0.471 e. The van der Waals surface area contributed by atoms with Gasteiger partial charge in [-0.25, -0.2) is 4.79 Å². The second kappa shape index (κ2) is 7.12. The number of ether oxygens (including phenoxy) is 1. The summed E-state index contributed by atoms with van der Waals surface area (Å²) in [4.78, 5) is 14.9. The predicted molar refractivity (Wildman–Crippen MR) is 82.4 cm³/mol. The van der Waals surface area contributed by atoms with Gasteiger partial charge in [-0.05, 0) is 11.0 Å². The molecule has 6 nitrogen and oxygen atoms in total. The third-order valence-electron chi connectivity index (χ3n) is 2.95. The summed E-state index contributed by atoms with van der Waals surface area (Å²) in [6.45, 7) is 6.35. The lowest BCUT2D eigenvalue weighted by Crippen LogP contribution is -2.27. The number of amides is 1. The van der Waals surface area contributed by atoms with Crippen LogP contribution in [0.3, 0.4) is 0 Å². The third-order valence-corrected chi connectivity index (χ3v) is 2.95. The van der Waals surface area contributed by atoms with E-state index in [1.807, 2.05) is 20.8 Å². The van der Waals surface area contributed by atoms with E-state index in [9.17, 15) is 18.0 Å². The molecule has 136 valence electrons. The van der Waals surface area contributed by atoms with E-state index in [1.54, 1.807) is 24.3 Å². The minimum Gasteiger partial charge on any atom is -0.449 e. The van der Waals surface area contributed by atoms with Crippen LogP contribution in [0.5, 0.6) is 0 Å². The van der Waals surface area contributed by atoms with E-state index in [4.69, 9.17) is 4.74 Å². The average Bonchev–Trinajstić information content (AvgIpc) is 3.01. The monoisotopic (exact) mass is 357 g/mol. The number of hydrogen-bond donors (Lipinski definition) is 1. The van der Waals surface area contributed by atoms with Gasteiger partial charge in [0.1, 0.15) is 0 Å². The molecular weight excluding hydrogens is 339 g/mol. The Morgan fingerprint density at radius 1 is 1.20 bits per heavy atom. The Hall–Kier alpha value is -2.58. The van der Waals surface area contributed by atoms with Crippen molar-refractivity contribution in [2.45, 2.75) is 33.5 Å². The van der Waals surface area contributed by atoms with Gasteiger partial charge in [-0.2, -0.15) is 18.2 Å². The number of benzene rings is 1. The highest BCUT2D eigenvalue weighted by atomic mass is 19.4. The molecule has 0 radical (unpaired) electrons. The molecule has 9 heteroatoms. The van der Waals surface area contributed by atoms with E-state index in [-0.39, 0.29) is 24.4 Å². The summed E-state index contributed by atoms with van der Waals surface area (Å²) in [5.74, 6) is -1.55. The smallest absolute Gasteiger partial charge is 0.449 e. The Morgan fingerprint density at radius 3 is 2.36 bits per heavy atom. The molecule has 1 heterocycles. The van der Waals surface area contributed by atoms with Crippen molar-refractivity contribution in [1.29, 1.82) is 0 Å². The lowest BCUT2D eigenvalue weighted by molar-refractivity contribution is -0.159. The van der Waals surface area contributed by atoms with E-state index in [2.05, 4.69) is 20.0 Å². The summed E-state index contributed by atoms with van der Waals surface area (Å²) >= 11 is 0. The summed E-state index contributed by atoms with van der Waals surface area (Å²) < 4.78 is 46.6. The minimum atomic E-state index is -4.68. The standard InChI is InChI=1S/C16H18F3N3O3/c1-15(2,3)9-24-14(23)20-8-10-4-6-11(7-5-10)12-21-13(25-22-12)16(17,18)19/h4-7H,8-9H2,1-3H3,(H,20,23). The molecule has 2 aromatic rings. The van der Waals surface area contributed by atoms with Crippen molar-refractivity contribution in [2.24, 2.45) is 5.41 Å². The number of aromatic nitrogens is 2. The first-order chi connectivity index (χ1) is 11.5. The summed E-state index contributed by atoms with van der Waals surface area (Å²) in [6, 6.07) is 6.37. The van der Waals surface area contributed by atoms with Crippen LogP contribution in [-0.4, -0.2) is 22.8 Å². The molecule has 1 aromatic heterocycles. The van der Waals surface area contributed by atoms with Crippen LogP contribution in [0.2, 0.25) is 0 Å². The van der Waals surface area contributed by atoms with Gasteiger partial charge in [0.05, 0.1) is 6.61 Å². The molecule has 1 aromatic carbocycles. The van der Waals surface area contributed by atoms with Crippen molar-refractivity contribution in [3.05, 3.63) is 35.7 Å². The van der Waals surface area contributed by atoms with Gasteiger partial charge in [-0.3, -0.25) is 0 Å². The highest BCUT2D eigenvalue weighted by Crippen LogP contribution is 2.29. The van der Waals surface area contributed by atoms with E-state index in [1.165, 1.54) is 0 Å². The number of alkyl halides is 3. The van der Waals surface area contributed by atoms with Crippen molar-refractivity contribution in [1.82, 2.24) is 15.5 Å². The maximum atomic E-state index is 12.4. The molecule has 0 bridgehead atoms. The first kappa shape index (κ1) is 18.8. The fraction of sp³-hybridized carbons (Fsp3) is 0.438. The number of alkyl carbamates (subject to hydrolysis) is 1. The number of rotatable bonds is 4. The fourth-order valence-electron chi connectivity index (χ4n) is 1.73. The Kier molecular flexibility index (Phi) is 5.34. The molecule has 0 aliphatic carbocycles. The van der Waals surface area contributed by atoms with Crippen LogP contribution in [0.1, 0.15) is 32.2 Å². The molecule has 1 amide bonds. The second-order valence-electron chi connectivity index (χ2n) is 6.61. The number of carbonyl (C=O) groups excluding carboxylic acids is 1. The summed E-state index contributed by atoms with van der Waals surface area (Å²) in [5, 5.41) is 5.90. The van der Waals surface area contributed by atoms with Gasteiger partial charge >= 0.3 is 18.2 Å². The van der Waals surface area contributed by atoms with E-state index < -0.39 is 18.2 Å². The van der Waals surface area contributed by atoms with E-state index >= 15 is 0 Å². The SMILES string of the molecule is CC(C)(C)COC(=O)NCc1ccc(-c2noc(C(F)(F)F)n2)cc1. The normalized spacial score (nSPS) is 12.1. The quantitative estimate of drug-likeness (QED) is 0.894. The first-order valence-electron chi connectivity index (χ1n) is 7.45. The Labute approximate surface area is 142 Å². The van der Waals surface area contributed by atoms with Crippen molar-refractivity contribution >= 4 is 6.09 Å². The molecule has 1 N–H and O–H groups in total. The highest BCUT2D eigenvalue weighted by molar-refractivity contribution is 5.67. The van der Waals surface area contributed by atoms with E-state index in [0.29, 0.717) is 5.56 Å². The molecule has 25 heavy (non-hydrogen) atoms. The van der Waals surface area contributed by atoms with Crippen molar-refractivity contribution in [3.63, 3.8) is 0 Å². The van der Waals surface area contributed by atoms with Crippen LogP contribution in [0, 0.1) is 5.41 Å². The highest BCUT2D eigenvalue weighted by Gasteiger charge is 2.38. The van der Waals surface area contributed by atoms with Gasteiger partial charge in [0.15, 0.2) is 0 Å². The number of nitrogens with zero attached hydrogens (tertiary/aromatic N) is 2. The molecule has 2 rings (SSSR count). The van der Waals surface area contributed by atoms with Gasteiger partial charge in [-0.15, -0.1) is 0 Å². The topological polar surface area (TPSA) is 77.2 Å². The molecule has 0 spiro atoms. The van der Waals surface area contributed by atoms with Gasteiger partial charge < -0.3 is 14.6 Å². The summed E-state index contributed by atoms with van der Waals surface area (Å²) in [7, 11) is 0. The van der Waals surface area contributed by atoms with Gasteiger partial charge in [0.25, 0.3) is 0 Å². The van der Waals surface area contributed by atoms with Gasteiger partial charge in [0, 0.05) is 12.1 Å². The zero-order valence-corrected chi connectivity index (χ0v) is 14.0. The van der Waals surface area contributed by atoms with Gasteiger partial charge in [-0.1, -0.05) is 50.2 Å². The summed E-state index contributed by atoms with van der Waals surface area (Å²) in [5.41, 5.74) is 0.994. The molecular formula is C16H18F3N3O3. The molecule has 0 saturated heterocycles. The number of halogens is 3. The third kappa shape index (κ3) is 5.77. The van der Waals surface area contributed by atoms with Crippen molar-refractivity contribution < 1.29 is 27.2 Å². The molecule has 0 aliphatic heterocycles. The second-order valence-corrected chi connectivity index (χ2v) is 6.61.